The first-order chi connectivity index (χ1) is 9.54. The average molecular weight is 300 g/mol. The van der Waals surface area contributed by atoms with Gasteiger partial charge in [-0.1, -0.05) is 11.6 Å². The van der Waals surface area contributed by atoms with E-state index in [2.05, 4.69) is 10.5 Å². The van der Waals surface area contributed by atoms with Gasteiger partial charge in [0.25, 0.3) is 0 Å². The summed E-state index contributed by atoms with van der Waals surface area (Å²) in [6.07, 6.45) is 3.65. The lowest BCUT2D eigenvalue weighted by Crippen LogP contribution is -2.39. The second kappa shape index (κ2) is 6.88. The molecule has 0 amide bonds. The fourth-order valence-electron chi connectivity index (χ4n) is 1.56. The van der Waals surface area contributed by atoms with Crippen molar-refractivity contribution in [2.24, 2.45) is 5.73 Å². The van der Waals surface area contributed by atoms with Crippen molar-refractivity contribution in [2.45, 2.75) is 44.4 Å². The van der Waals surface area contributed by atoms with E-state index in [-0.39, 0.29) is 12.1 Å². The third-order valence-corrected chi connectivity index (χ3v) is 3.04. The van der Waals surface area contributed by atoms with E-state index in [4.69, 9.17) is 26.9 Å². The molecule has 2 rings (SSSR count). The highest BCUT2D eigenvalue weighted by molar-refractivity contribution is 6.30. The van der Waals surface area contributed by atoms with Gasteiger partial charge in [0.05, 0.1) is 11.1 Å². The molecule has 2 unspecified atom stereocenters. The monoisotopic (exact) mass is 299 g/mol. The van der Waals surface area contributed by atoms with Crippen LogP contribution in [-0.2, 0) is 9.63 Å². The van der Waals surface area contributed by atoms with Crippen LogP contribution in [0.5, 0.6) is 5.88 Å². The van der Waals surface area contributed by atoms with E-state index in [0.29, 0.717) is 17.3 Å². The molecule has 0 radical (unpaired) electrons. The van der Waals surface area contributed by atoms with Gasteiger partial charge >= 0.3 is 5.97 Å². The molecule has 1 saturated carbocycles. The lowest BCUT2D eigenvalue weighted by molar-refractivity contribution is -0.153. The number of ether oxygens (including phenoxy) is 1. The topological polar surface area (TPSA) is 86.5 Å². The summed E-state index contributed by atoms with van der Waals surface area (Å²) in [4.78, 5) is 20.5. The summed E-state index contributed by atoms with van der Waals surface area (Å²) in [5, 5.41) is 0.538. The van der Waals surface area contributed by atoms with Crippen molar-refractivity contribution in [3.63, 3.8) is 0 Å². The molecule has 1 aliphatic rings. The van der Waals surface area contributed by atoms with Crippen LogP contribution in [0.1, 0.15) is 26.2 Å². The van der Waals surface area contributed by atoms with Crippen LogP contribution in [0, 0.1) is 0 Å². The second-order valence-electron chi connectivity index (χ2n) is 4.90. The van der Waals surface area contributed by atoms with Crippen LogP contribution in [0.4, 0.5) is 0 Å². The van der Waals surface area contributed by atoms with Gasteiger partial charge in [-0.05, 0) is 25.8 Å². The molecule has 0 aliphatic heterocycles. The van der Waals surface area contributed by atoms with Crippen LogP contribution < -0.4 is 16.0 Å². The summed E-state index contributed by atoms with van der Waals surface area (Å²) in [6, 6.07) is 2.91. The predicted octanol–water partition coefficient (Wildman–Crippen LogP) is 1.43. The number of hydrogen-bond donors (Lipinski definition) is 2. The number of pyridine rings is 1. The molecular formula is C13H18ClN3O3. The highest BCUT2D eigenvalue weighted by Gasteiger charge is 2.25. The van der Waals surface area contributed by atoms with Crippen molar-refractivity contribution >= 4 is 17.6 Å². The van der Waals surface area contributed by atoms with Crippen molar-refractivity contribution in [2.75, 3.05) is 0 Å². The van der Waals surface area contributed by atoms with Gasteiger partial charge in [-0.15, -0.1) is 5.48 Å². The second-order valence-corrected chi connectivity index (χ2v) is 5.33. The molecule has 1 fully saturated rings. The molecule has 2 atom stereocenters. The molecule has 1 aromatic heterocycles. The smallest absolute Gasteiger partial charge is 0.341 e. The van der Waals surface area contributed by atoms with Crippen LogP contribution in [0.2, 0.25) is 5.02 Å². The molecule has 1 aromatic rings. The number of aromatic nitrogens is 1. The van der Waals surface area contributed by atoms with Crippen LogP contribution >= 0.6 is 11.6 Å². The summed E-state index contributed by atoms with van der Waals surface area (Å²) in [6.45, 7) is 1.82. The van der Waals surface area contributed by atoms with Crippen LogP contribution in [0.15, 0.2) is 18.3 Å². The fourth-order valence-corrected chi connectivity index (χ4v) is 1.67. The summed E-state index contributed by atoms with van der Waals surface area (Å²) in [5.74, 6) is -0.0324. The minimum Gasteiger partial charge on any atom is -0.475 e. The highest BCUT2D eigenvalue weighted by Crippen LogP contribution is 2.18. The van der Waals surface area contributed by atoms with Crippen LogP contribution in [0.3, 0.4) is 0 Å². The van der Waals surface area contributed by atoms with E-state index in [9.17, 15) is 4.79 Å². The van der Waals surface area contributed by atoms with Crippen molar-refractivity contribution < 1.29 is 14.4 Å². The number of halogens is 1. The third-order valence-electron chi connectivity index (χ3n) is 2.81. The van der Waals surface area contributed by atoms with Crippen molar-refractivity contribution in [1.82, 2.24) is 10.5 Å². The Labute approximate surface area is 122 Å². The third kappa shape index (κ3) is 4.96. The number of nitrogens with zero attached hydrogens (tertiary/aromatic N) is 1. The minimum absolute atomic E-state index is 0.257. The van der Waals surface area contributed by atoms with Gasteiger partial charge in [-0.2, -0.15) is 0 Å². The Morgan fingerprint density at radius 3 is 2.95 bits per heavy atom. The number of carbonyl (C=O) groups is 1. The summed E-state index contributed by atoms with van der Waals surface area (Å²) in [7, 11) is 0. The van der Waals surface area contributed by atoms with Crippen molar-refractivity contribution in [3.05, 3.63) is 23.4 Å². The molecule has 0 bridgehead atoms. The summed E-state index contributed by atoms with van der Waals surface area (Å²) >= 11 is 5.73. The quantitative estimate of drug-likeness (QED) is 0.741. The Morgan fingerprint density at radius 1 is 1.60 bits per heavy atom. The summed E-state index contributed by atoms with van der Waals surface area (Å²) < 4.78 is 5.55. The van der Waals surface area contributed by atoms with Gasteiger partial charge < -0.3 is 15.3 Å². The van der Waals surface area contributed by atoms with E-state index in [1.54, 1.807) is 12.1 Å². The predicted molar refractivity (Wildman–Crippen MR) is 74.2 cm³/mol. The molecule has 110 valence electrons. The largest absolute Gasteiger partial charge is 0.475 e. The maximum absolute atomic E-state index is 11.6. The number of rotatable bonds is 7. The van der Waals surface area contributed by atoms with Gasteiger partial charge in [0.15, 0.2) is 0 Å². The fraction of sp³-hybridized carbons (Fsp3) is 0.538. The van der Waals surface area contributed by atoms with Crippen LogP contribution in [0.25, 0.3) is 0 Å². The van der Waals surface area contributed by atoms with E-state index in [1.807, 2.05) is 6.92 Å². The van der Waals surface area contributed by atoms with Gasteiger partial charge in [-0.3, -0.25) is 0 Å². The molecule has 0 aromatic carbocycles. The first-order valence-electron chi connectivity index (χ1n) is 6.54. The minimum atomic E-state index is -0.733. The molecule has 0 saturated heterocycles. The van der Waals surface area contributed by atoms with Gasteiger partial charge in [0.2, 0.25) is 5.88 Å². The lowest BCUT2D eigenvalue weighted by Gasteiger charge is -2.17. The summed E-state index contributed by atoms with van der Waals surface area (Å²) in [5.41, 5.74) is 8.44. The molecular weight excluding hydrogens is 282 g/mol. The molecule has 0 spiro atoms. The number of hydrogen-bond acceptors (Lipinski definition) is 6. The molecule has 1 heterocycles. The average Bonchev–Trinajstić information content (AvgIpc) is 3.22. The molecule has 3 N–H and O–H groups in total. The highest BCUT2D eigenvalue weighted by atomic mass is 35.5. The molecule has 20 heavy (non-hydrogen) atoms. The standard InChI is InChI=1S/C13H18ClN3O3/c1-8(19-12-5-2-9(14)7-16-12)6-11(15)13(18)20-17-10-3-4-10/h2,5,7-8,10-11,17H,3-4,6,15H2,1H3. The molecule has 6 nitrogen and oxygen atoms in total. The zero-order valence-electron chi connectivity index (χ0n) is 11.2. The maximum atomic E-state index is 11.6. The number of carbonyl (C=O) groups excluding carboxylic acids is 1. The van der Waals surface area contributed by atoms with Gasteiger partial charge in [-0.25, -0.2) is 9.78 Å². The SMILES string of the molecule is CC(CC(N)C(=O)ONC1CC1)Oc1ccc(Cl)cn1. The van der Waals surface area contributed by atoms with E-state index in [0.717, 1.165) is 12.8 Å². The van der Waals surface area contributed by atoms with E-state index < -0.39 is 12.0 Å². The Balaban J connectivity index is 1.73. The van der Waals surface area contributed by atoms with Crippen molar-refractivity contribution in [1.29, 1.82) is 0 Å². The Kier molecular flexibility index (Phi) is 5.17. The van der Waals surface area contributed by atoms with E-state index >= 15 is 0 Å². The molecule has 7 heteroatoms. The van der Waals surface area contributed by atoms with Crippen molar-refractivity contribution in [3.8, 4) is 5.88 Å². The first-order valence-corrected chi connectivity index (χ1v) is 6.92. The maximum Gasteiger partial charge on any atom is 0.341 e. The van der Waals surface area contributed by atoms with Gasteiger partial charge in [0.1, 0.15) is 6.04 Å². The Morgan fingerprint density at radius 2 is 2.35 bits per heavy atom. The van der Waals surface area contributed by atoms with Gasteiger partial charge in [0, 0.05) is 24.7 Å². The Hall–Kier alpha value is -1.37. The lowest BCUT2D eigenvalue weighted by atomic mass is 10.1. The first kappa shape index (κ1) is 15.0. The molecule has 1 aliphatic carbocycles. The zero-order chi connectivity index (χ0) is 14.5. The van der Waals surface area contributed by atoms with Crippen LogP contribution in [-0.4, -0.2) is 29.1 Å². The zero-order valence-corrected chi connectivity index (χ0v) is 12.0. The normalized spacial score (nSPS) is 17.4. The number of nitrogens with one attached hydrogen (secondary N) is 1. The number of nitrogens with two attached hydrogens (primary N) is 1. The number of hydroxylamine groups is 1. The Bertz CT molecular complexity index is 451. The van der Waals surface area contributed by atoms with E-state index in [1.165, 1.54) is 6.20 Å².